The number of aliphatic hydroxyl groups excluding tert-OH is 1. The van der Waals surface area contributed by atoms with Crippen molar-refractivity contribution in [2.75, 3.05) is 13.2 Å². The Labute approximate surface area is 174 Å². The second-order valence-electron chi connectivity index (χ2n) is 9.07. The number of aliphatic hydroxyl groups is 1. The predicted molar refractivity (Wildman–Crippen MR) is 116 cm³/mol. The number of likely N-dealkylation sites (tertiary alicyclic amines) is 1. The minimum Gasteiger partial charge on any atom is -0.489 e. The zero-order valence-electron chi connectivity index (χ0n) is 18.0. The first-order valence-corrected chi connectivity index (χ1v) is 10.4. The van der Waals surface area contributed by atoms with Gasteiger partial charge >= 0.3 is 0 Å². The highest BCUT2D eigenvalue weighted by Gasteiger charge is 2.26. The molecule has 3 rings (SSSR count). The first-order chi connectivity index (χ1) is 13.8. The summed E-state index contributed by atoms with van der Waals surface area (Å²) in [6.45, 7) is 11.2. The van der Waals surface area contributed by atoms with Crippen molar-refractivity contribution in [3.8, 4) is 11.8 Å². The summed E-state index contributed by atoms with van der Waals surface area (Å²) >= 11 is 0. The lowest BCUT2D eigenvalue weighted by atomic mass is 9.85. The third-order valence-corrected chi connectivity index (χ3v) is 5.82. The van der Waals surface area contributed by atoms with Gasteiger partial charge in [0.1, 0.15) is 12.4 Å². The summed E-state index contributed by atoms with van der Waals surface area (Å²) < 4.78 is 6.32. The zero-order valence-corrected chi connectivity index (χ0v) is 18.0. The molecule has 1 fully saturated rings. The summed E-state index contributed by atoms with van der Waals surface area (Å²) in [6.07, 6.45) is 2.17. The van der Waals surface area contributed by atoms with Gasteiger partial charge in [0.15, 0.2) is 0 Å². The number of hydrogen-bond acceptors (Lipinski definition) is 4. The molecule has 29 heavy (non-hydrogen) atoms. The molecule has 1 heterocycles. The van der Waals surface area contributed by atoms with Crippen molar-refractivity contribution in [3.05, 3.63) is 64.2 Å². The van der Waals surface area contributed by atoms with Gasteiger partial charge in [-0.1, -0.05) is 39.0 Å². The van der Waals surface area contributed by atoms with E-state index in [1.807, 2.05) is 24.3 Å². The fourth-order valence-electron chi connectivity index (χ4n) is 3.95. The first-order valence-electron chi connectivity index (χ1n) is 10.4. The van der Waals surface area contributed by atoms with Gasteiger partial charge in [-0.3, -0.25) is 4.90 Å². The predicted octanol–water partition coefficient (Wildman–Crippen LogP) is 4.70. The van der Waals surface area contributed by atoms with E-state index in [2.05, 4.69) is 50.8 Å². The van der Waals surface area contributed by atoms with Gasteiger partial charge in [-0.2, -0.15) is 5.26 Å². The molecule has 0 radical (unpaired) electrons. The summed E-state index contributed by atoms with van der Waals surface area (Å²) in [5.74, 6) is 0.904. The quantitative estimate of drug-likeness (QED) is 0.774. The first kappa shape index (κ1) is 21.4. The van der Waals surface area contributed by atoms with Crippen molar-refractivity contribution >= 4 is 0 Å². The molecule has 0 aromatic heterocycles. The van der Waals surface area contributed by atoms with Gasteiger partial charge in [0.2, 0.25) is 0 Å². The molecule has 0 amide bonds. The average molecular weight is 393 g/mol. The van der Waals surface area contributed by atoms with Crippen molar-refractivity contribution in [1.29, 1.82) is 5.26 Å². The molecule has 4 heteroatoms. The molecule has 0 spiro atoms. The maximum Gasteiger partial charge on any atom is 0.124 e. The topological polar surface area (TPSA) is 56.5 Å². The van der Waals surface area contributed by atoms with E-state index in [1.54, 1.807) is 0 Å². The molecule has 2 aromatic rings. The molecular weight excluding hydrogens is 360 g/mol. The van der Waals surface area contributed by atoms with Crippen LogP contribution < -0.4 is 4.74 Å². The van der Waals surface area contributed by atoms with E-state index in [0.29, 0.717) is 12.2 Å². The maximum absolute atomic E-state index is 9.71. The zero-order chi connectivity index (χ0) is 21.0. The lowest BCUT2D eigenvalue weighted by Crippen LogP contribution is -2.32. The molecule has 1 saturated heterocycles. The van der Waals surface area contributed by atoms with Crippen molar-refractivity contribution in [1.82, 2.24) is 4.90 Å². The number of hydrogen-bond donors (Lipinski definition) is 1. The van der Waals surface area contributed by atoms with Crippen LogP contribution in [0.2, 0.25) is 0 Å². The molecule has 2 aromatic carbocycles. The highest BCUT2D eigenvalue weighted by molar-refractivity contribution is 5.46. The van der Waals surface area contributed by atoms with E-state index in [1.165, 1.54) is 16.7 Å². The van der Waals surface area contributed by atoms with Crippen molar-refractivity contribution < 1.29 is 9.84 Å². The third-order valence-electron chi connectivity index (χ3n) is 5.82. The van der Waals surface area contributed by atoms with Crippen LogP contribution in [-0.4, -0.2) is 29.2 Å². The normalized spacial score (nSPS) is 17.3. The van der Waals surface area contributed by atoms with Gasteiger partial charge in [0.05, 0.1) is 18.2 Å². The molecule has 1 aliphatic heterocycles. The Balaban J connectivity index is 1.90. The number of benzene rings is 2. The van der Waals surface area contributed by atoms with Crippen LogP contribution in [0.4, 0.5) is 0 Å². The van der Waals surface area contributed by atoms with Crippen LogP contribution in [0.15, 0.2) is 36.4 Å². The minimum absolute atomic E-state index is 0.0312. The van der Waals surface area contributed by atoms with Gasteiger partial charge in [0.25, 0.3) is 0 Å². The lowest BCUT2D eigenvalue weighted by Gasteiger charge is -2.27. The number of nitrogens with zero attached hydrogens (tertiary/aromatic N) is 2. The van der Waals surface area contributed by atoms with Crippen LogP contribution in [0.1, 0.15) is 61.4 Å². The Morgan fingerprint density at radius 1 is 1.24 bits per heavy atom. The molecule has 1 aliphatic rings. The van der Waals surface area contributed by atoms with Gasteiger partial charge in [-0.15, -0.1) is 0 Å². The van der Waals surface area contributed by atoms with Crippen molar-refractivity contribution in [2.45, 2.75) is 65.1 Å². The standard InChI is InChI=1S/C25H32N2O2/c1-18-11-21(25(2,3)4)13-24(23(18)15-27-10-6-9-22(27)16-28)29-17-20-8-5-7-19(12-20)14-26/h5,7-8,11-13,22,28H,6,9-10,15-17H2,1-4H3/t22-/m0/s1. The lowest BCUT2D eigenvalue weighted by molar-refractivity contribution is 0.151. The van der Waals surface area contributed by atoms with E-state index in [0.717, 1.165) is 37.2 Å². The van der Waals surface area contributed by atoms with Gasteiger partial charge in [-0.05, 0) is 66.6 Å². The second-order valence-corrected chi connectivity index (χ2v) is 9.07. The Morgan fingerprint density at radius 2 is 2.03 bits per heavy atom. The van der Waals surface area contributed by atoms with Gasteiger partial charge < -0.3 is 9.84 Å². The van der Waals surface area contributed by atoms with Crippen LogP contribution in [-0.2, 0) is 18.6 Å². The van der Waals surface area contributed by atoms with E-state index in [4.69, 9.17) is 10.00 Å². The molecule has 0 unspecified atom stereocenters. The van der Waals surface area contributed by atoms with Crippen LogP contribution in [0.3, 0.4) is 0 Å². The smallest absolute Gasteiger partial charge is 0.124 e. The Bertz CT molecular complexity index is 893. The summed E-state index contributed by atoms with van der Waals surface area (Å²) in [6, 6.07) is 14.4. The molecule has 1 atom stereocenters. The molecule has 0 saturated carbocycles. The average Bonchev–Trinajstić information content (AvgIpc) is 3.14. The van der Waals surface area contributed by atoms with E-state index >= 15 is 0 Å². The highest BCUT2D eigenvalue weighted by atomic mass is 16.5. The molecule has 0 bridgehead atoms. The third kappa shape index (κ3) is 5.18. The SMILES string of the molecule is Cc1cc(C(C)(C)C)cc(OCc2cccc(C#N)c2)c1CN1CCC[C@H]1CO. The van der Waals surface area contributed by atoms with E-state index in [9.17, 15) is 5.11 Å². The fourth-order valence-corrected chi connectivity index (χ4v) is 3.95. The van der Waals surface area contributed by atoms with Crippen molar-refractivity contribution in [2.24, 2.45) is 0 Å². The summed E-state index contributed by atoms with van der Waals surface area (Å²) in [7, 11) is 0. The summed E-state index contributed by atoms with van der Waals surface area (Å²) in [5.41, 5.74) is 5.33. The van der Waals surface area contributed by atoms with Gasteiger partial charge in [0, 0.05) is 18.2 Å². The number of aryl methyl sites for hydroxylation is 1. The molecule has 1 N–H and O–H groups in total. The second kappa shape index (κ2) is 8.98. The van der Waals surface area contributed by atoms with E-state index < -0.39 is 0 Å². The highest BCUT2D eigenvalue weighted by Crippen LogP contribution is 2.34. The Hall–Kier alpha value is -2.35. The molecule has 4 nitrogen and oxygen atoms in total. The van der Waals surface area contributed by atoms with E-state index in [-0.39, 0.29) is 18.1 Å². The summed E-state index contributed by atoms with van der Waals surface area (Å²) in [5, 5.41) is 18.9. The van der Waals surface area contributed by atoms with Crippen LogP contribution >= 0.6 is 0 Å². The number of rotatable bonds is 6. The van der Waals surface area contributed by atoms with Crippen molar-refractivity contribution in [3.63, 3.8) is 0 Å². The Kier molecular flexibility index (Phi) is 6.62. The summed E-state index contributed by atoms with van der Waals surface area (Å²) in [4.78, 5) is 2.36. The fraction of sp³-hybridized carbons (Fsp3) is 0.480. The van der Waals surface area contributed by atoms with Crippen LogP contribution in [0, 0.1) is 18.3 Å². The molecule has 154 valence electrons. The monoisotopic (exact) mass is 392 g/mol. The van der Waals surface area contributed by atoms with Crippen LogP contribution in [0.25, 0.3) is 0 Å². The minimum atomic E-state index is 0.0312. The number of nitriles is 1. The van der Waals surface area contributed by atoms with Gasteiger partial charge in [-0.25, -0.2) is 0 Å². The van der Waals surface area contributed by atoms with Crippen LogP contribution in [0.5, 0.6) is 5.75 Å². The maximum atomic E-state index is 9.71. The largest absolute Gasteiger partial charge is 0.489 e. The number of ether oxygens (including phenoxy) is 1. The molecular formula is C25H32N2O2. The molecule has 0 aliphatic carbocycles. The Morgan fingerprint density at radius 3 is 2.72 bits per heavy atom.